The van der Waals surface area contributed by atoms with Crippen molar-refractivity contribution in [3.8, 4) is 0 Å². The molecule has 3 aromatic rings. The van der Waals surface area contributed by atoms with Crippen LogP contribution >= 0.6 is 11.8 Å². The van der Waals surface area contributed by atoms with Gasteiger partial charge >= 0.3 is 11.9 Å². The fraction of sp³-hybridized carbons (Fsp3) is 0.294. The lowest BCUT2D eigenvalue weighted by molar-refractivity contribution is -0.116. The van der Waals surface area contributed by atoms with Gasteiger partial charge in [-0.3, -0.25) is 18.7 Å². The number of anilines is 1. The second-order valence-corrected chi connectivity index (χ2v) is 7.22. The zero-order valence-corrected chi connectivity index (χ0v) is 16.2. The molecule has 2 aromatic heterocycles. The molecular weight excluding hydrogens is 411 g/mol. The number of aryl methyl sites for hydroxylation is 1. The summed E-state index contributed by atoms with van der Waals surface area (Å²) < 4.78 is 40.9. The second kappa shape index (κ2) is 7.78. The maximum absolute atomic E-state index is 12.5. The smallest absolute Gasteiger partial charge is 0.324 e. The number of halogens is 3. The third-order valence-electron chi connectivity index (χ3n) is 4.08. The summed E-state index contributed by atoms with van der Waals surface area (Å²) in [7, 11) is 2.77. The Kier molecular flexibility index (Phi) is 5.55. The number of nitrogens with zero attached hydrogens (tertiary/aromatic N) is 4. The number of amides is 1. The highest BCUT2D eigenvalue weighted by atomic mass is 32.2. The van der Waals surface area contributed by atoms with Crippen LogP contribution in [0.4, 0.5) is 18.9 Å². The highest BCUT2D eigenvalue weighted by molar-refractivity contribution is 7.99. The number of thioether (sulfide) groups is 1. The van der Waals surface area contributed by atoms with Crippen LogP contribution in [-0.2, 0) is 25.4 Å². The van der Waals surface area contributed by atoms with E-state index in [0.29, 0.717) is 11.8 Å². The molecule has 0 bridgehead atoms. The van der Waals surface area contributed by atoms with Gasteiger partial charge in [0.25, 0.3) is 5.56 Å². The molecule has 0 unspecified atom stereocenters. The van der Waals surface area contributed by atoms with Crippen molar-refractivity contribution >= 4 is 34.5 Å². The van der Waals surface area contributed by atoms with E-state index in [2.05, 4.69) is 10.3 Å². The molecule has 0 fully saturated rings. The van der Waals surface area contributed by atoms with Gasteiger partial charge in [-0.05, 0) is 12.1 Å². The molecule has 1 amide bonds. The van der Waals surface area contributed by atoms with Crippen LogP contribution in [0.1, 0.15) is 0 Å². The standard InChI is InChI=1S/C17H16F3N5O3S/c1-23-14-13(15(27)24(2)16(23)28)25(9-21-14)7-12(26)22-10-5-3-4-6-11(10)29-8-17(18,19)20/h3-6,9H,7-8H2,1-2H3,(H,22,26). The van der Waals surface area contributed by atoms with Crippen LogP contribution in [0.15, 0.2) is 45.1 Å². The van der Waals surface area contributed by atoms with Crippen molar-refractivity contribution in [2.75, 3.05) is 11.1 Å². The molecule has 0 aliphatic heterocycles. The predicted molar refractivity (Wildman–Crippen MR) is 102 cm³/mol. The number of nitrogens with one attached hydrogen (secondary N) is 1. The van der Waals surface area contributed by atoms with Gasteiger partial charge < -0.3 is 9.88 Å². The lowest BCUT2D eigenvalue weighted by Crippen LogP contribution is -2.37. The van der Waals surface area contributed by atoms with Crippen molar-refractivity contribution in [3.63, 3.8) is 0 Å². The van der Waals surface area contributed by atoms with Crippen LogP contribution in [0.3, 0.4) is 0 Å². The first-order valence-corrected chi connectivity index (χ1v) is 9.26. The molecule has 0 saturated heterocycles. The van der Waals surface area contributed by atoms with E-state index >= 15 is 0 Å². The maximum atomic E-state index is 12.5. The van der Waals surface area contributed by atoms with E-state index in [1.54, 1.807) is 12.1 Å². The van der Waals surface area contributed by atoms with E-state index in [0.717, 1.165) is 4.57 Å². The van der Waals surface area contributed by atoms with Gasteiger partial charge in [0, 0.05) is 19.0 Å². The molecule has 0 saturated carbocycles. The monoisotopic (exact) mass is 427 g/mol. The molecule has 0 radical (unpaired) electrons. The van der Waals surface area contributed by atoms with Crippen LogP contribution in [-0.4, -0.2) is 36.5 Å². The number of imidazole rings is 1. The van der Waals surface area contributed by atoms with Crippen molar-refractivity contribution in [3.05, 3.63) is 51.4 Å². The van der Waals surface area contributed by atoms with Crippen LogP contribution < -0.4 is 16.6 Å². The molecule has 8 nitrogen and oxygen atoms in total. The van der Waals surface area contributed by atoms with Crippen molar-refractivity contribution < 1.29 is 18.0 Å². The summed E-state index contributed by atoms with van der Waals surface area (Å²) in [4.78, 5) is 41.1. The van der Waals surface area contributed by atoms with Crippen LogP contribution in [0.5, 0.6) is 0 Å². The second-order valence-electron chi connectivity index (χ2n) is 6.20. The van der Waals surface area contributed by atoms with Gasteiger partial charge in [0.15, 0.2) is 11.2 Å². The third kappa shape index (κ3) is 4.36. The number of rotatable bonds is 5. The highest BCUT2D eigenvalue weighted by Gasteiger charge is 2.27. The van der Waals surface area contributed by atoms with Crippen molar-refractivity contribution in [2.24, 2.45) is 14.1 Å². The van der Waals surface area contributed by atoms with Crippen LogP contribution in [0, 0.1) is 0 Å². The first-order valence-electron chi connectivity index (χ1n) is 8.28. The Morgan fingerprint density at radius 1 is 1.17 bits per heavy atom. The van der Waals surface area contributed by atoms with Gasteiger partial charge in [0.05, 0.1) is 17.8 Å². The van der Waals surface area contributed by atoms with E-state index in [9.17, 15) is 27.6 Å². The summed E-state index contributed by atoms with van der Waals surface area (Å²) in [5.74, 6) is -1.64. The predicted octanol–water partition coefficient (Wildman–Crippen LogP) is 1.73. The van der Waals surface area contributed by atoms with Crippen LogP contribution in [0.25, 0.3) is 11.2 Å². The molecule has 12 heteroatoms. The zero-order chi connectivity index (χ0) is 21.3. The molecule has 2 heterocycles. The number of para-hydroxylation sites is 1. The Balaban J connectivity index is 1.84. The lowest BCUT2D eigenvalue weighted by atomic mass is 10.3. The largest absolute Gasteiger partial charge is 0.398 e. The number of carbonyl (C=O) groups is 1. The van der Waals surface area contributed by atoms with Gasteiger partial charge in [-0.25, -0.2) is 9.78 Å². The minimum absolute atomic E-state index is 0.0736. The summed E-state index contributed by atoms with van der Waals surface area (Å²) >= 11 is 0.564. The van der Waals surface area contributed by atoms with Gasteiger partial charge in [-0.1, -0.05) is 12.1 Å². The Hall–Kier alpha value is -3.02. The normalized spacial score (nSPS) is 11.8. The van der Waals surface area contributed by atoms with E-state index < -0.39 is 29.1 Å². The molecule has 3 rings (SSSR count). The minimum atomic E-state index is -4.34. The number of fused-ring (bicyclic) bond motifs is 1. The number of carbonyl (C=O) groups excluding carboxylic acids is 1. The number of hydrogen-bond donors (Lipinski definition) is 1. The van der Waals surface area contributed by atoms with Crippen molar-refractivity contribution in [1.29, 1.82) is 0 Å². The fourth-order valence-corrected chi connectivity index (χ4v) is 3.49. The summed E-state index contributed by atoms with van der Waals surface area (Å²) in [5.41, 5.74) is -0.713. The molecule has 154 valence electrons. The van der Waals surface area contributed by atoms with Crippen molar-refractivity contribution in [2.45, 2.75) is 17.6 Å². The average molecular weight is 427 g/mol. The number of hydrogen-bond acceptors (Lipinski definition) is 5. The van der Waals surface area contributed by atoms with Gasteiger partial charge in [-0.15, -0.1) is 11.8 Å². The van der Waals surface area contributed by atoms with E-state index in [1.165, 1.54) is 41.7 Å². The molecule has 0 atom stereocenters. The number of aromatic nitrogens is 4. The van der Waals surface area contributed by atoms with E-state index in [1.807, 2.05) is 0 Å². The van der Waals surface area contributed by atoms with E-state index in [-0.39, 0.29) is 28.3 Å². The Bertz CT molecular complexity index is 1200. The first kappa shape index (κ1) is 20.7. The molecule has 1 aromatic carbocycles. The molecule has 29 heavy (non-hydrogen) atoms. The summed E-state index contributed by atoms with van der Waals surface area (Å²) in [6.07, 6.45) is -3.08. The minimum Gasteiger partial charge on any atom is -0.324 e. The quantitative estimate of drug-likeness (QED) is 0.627. The van der Waals surface area contributed by atoms with Gasteiger partial charge in [0.2, 0.25) is 5.91 Å². The topological polar surface area (TPSA) is 90.9 Å². The Labute approximate surface area is 166 Å². The summed E-state index contributed by atoms with van der Waals surface area (Å²) in [6.45, 7) is -0.303. The van der Waals surface area contributed by atoms with Crippen molar-refractivity contribution in [1.82, 2.24) is 18.7 Å². The van der Waals surface area contributed by atoms with E-state index in [4.69, 9.17) is 0 Å². The Morgan fingerprint density at radius 2 is 1.86 bits per heavy atom. The molecular formula is C17H16F3N5O3S. The Morgan fingerprint density at radius 3 is 2.55 bits per heavy atom. The average Bonchev–Trinajstić information content (AvgIpc) is 3.07. The first-order chi connectivity index (χ1) is 13.6. The lowest BCUT2D eigenvalue weighted by Gasteiger charge is -2.12. The highest BCUT2D eigenvalue weighted by Crippen LogP contribution is 2.32. The van der Waals surface area contributed by atoms with Crippen LogP contribution in [0.2, 0.25) is 0 Å². The molecule has 1 N–H and O–H groups in total. The fourth-order valence-electron chi connectivity index (χ4n) is 2.72. The molecule has 0 spiro atoms. The maximum Gasteiger partial charge on any atom is 0.398 e. The summed E-state index contributed by atoms with van der Waals surface area (Å²) in [6, 6.07) is 6.13. The number of alkyl halides is 3. The SMILES string of the molecule is Cn1c(=O)c2c(ncn2CC(=O)Nc2ccccc2SCC(F)(F)F)n(C)c1=O. The van der Waals surface area contributed by atoms with Gasteiger partial charge in [0.1, 0.15) is 6.54 Å². The number of benzene rings is 1. The molecule has 0 aliphatic carbocycles. The van der Waals surface area contributed by atoms with Gasteiger partial charge in [-0.2, -0.15) is 13.2 Å². The zero-order valence-electron chi connectivity index (χ0n) is 15.4. The third-order valence-corrected chi connectivity index (χ3v) is 5.22. The summed E-state index contributed by atoms with van der Waals surface area (Å²) in [5, 5.41) is 2.56. The molecule has 0 aliphatic rings.